The average Bonchev–Trinajstić information content (AvgIpc) is 2.33. The number of rotatable bonds is 2. The third-order valence-electron chi connectivity index (χ3n) is 2.72. The second-order valence-electron chi connectivity index (χ2n) is 3.77. The van der Waals surface area contributed by atoms with Crippen LogP contribution in [0.3, 0.4) is 0 Å². The van der Waals surface area contributed by atoms with Crippen molar-refractivity contribution in [3.8, 4) is 0 Å². The molecule has 2 rings (SSSR count). The molecule has 0 aromatic heterocycles. The molecule has 0 atom stereocenters. The maximum Gasteiger partial charge on any atom is 0.0809 e. The molecule has 97 valence electrons. The van der Waals surface area contributed by atoms with E-state index in [2.05, 4.69) is 12.7 Å². The van der Waals surface area contributed by atoms with Gasteiger partial charge < -0.3 is 4.90 Å². The fourth-order valence-corrected chi connectivity index (χ4v) is 1.99. The second-order valence-corrected chi connectivity index (χ2v) is 4.18. The molecular formula is C14H11ClF2NY-. The summed E-state index contributed by atoms with van der Waals surface area (Å²) in [5.74, 6) is -1.26. The van der Waals surface area contributed by atoms with Gasteiger partial charge in [-0.3, -0.25) is 0 Å². The number of hydrogen-bond donors (Lipinski definition) is 0. The SMILES string of the molecule is C=C1C(Cl)=C[C-]=C(c2c(F)cccc2F)N1CC.[Y]. The Bertz CT molecular complexity index is 546. The molecule has 1 aliphatic rings. The first kappa shape index (κ1) is 16.5. The van der Waals surface area contributed by atoms with Crippen LogP contribution in [0.15, 0.2) is 41.6 Å². The van der Waals surface area contributed by atoms with Crippen molar-refractivity contribution in [2.45, 2.75) is 6.92 Å². The zero-order chi connectivity index (χ0) is 13.3. The van der Waals surface area contributed by atoms with Crippen LogP contribution in [0, 0.1) is 17.7 Å². The summed E-state index contributed by atoms with van der Waals surface area (Å²) in [5.41, 5.74) is 0.707. The quantitative estimate of drug-likeness (QED) is 0.723. The molecule has 1 aromatic carbocycles. The number of benzene rings is 1. The molecule has 0 saturated carbocycles. The van der Waals surface area contributed by atoms with Gasteiger partial charge in [0.2, 0.25) is 0 Å². The zero-order valence-electron chi connectivity index (χ0n) is 10.4. The smallest absolute Gasteiger partial charge is 0.0809 e. The van der Waals surface area contributed by atoms with Gasteiger partial charge >= 0.3 is 0 Å². The Morgan fingerprint density at radius 1 is 1.32 bits per heavy atom. The number of nitrogens with zero attached hydrogens (tertiary/aromatic N) is 1. The molecule has 1 heterocycles. The maximum absolute atomic E-state index is 13.8. The van der Waals surface area contributed by atoms with Crippen molar-refractivity contribution in [2.24, 2.45) is 0 Å². The molecule has 0 saturated heterocycles. The monoisotopic (exact) mass is 355 g/mol. The maximum atomic E-state index is 13.8. The van der Waals surface area contributed by atoms with Gasteiger partial charge in [-0.25, -0.2) is 8.78 Å². The Balaban J connectivity index is 0.00000180. The summed E-state index contributed by atoms with van der Waals surface area (Å²) in [6.07, 6.45) is 4.28. The van der Waals surface area contributed by atoms with Crippen LogP contribution in [-0.2, 0) is 32.7 Å². The number of allylic oxidation sites excluding steroid dienone is 3. The van der Waals surface area contributed by atoms with E-state index in [1.54, 1.807) is 4.90 Å². The average molecular weight is 356 g/mol. The molecule has 5 heteroatoms. The minimum Gasteiger partial charge on any atom is -0.374 e. The van der Waals surface area contributed by atoms with Crippen molar-refractivity contribution < 1.29 is 41.5 Å². The summed E-state index contributed by atoms with van der Waals surface area (Å²) >= 11 is 5.93. The molecule has 0 amide bonds. The number of likely N-dealkylation sites (N-methyl/N-ethyl adjacent to an activating group) is 1. The van der Waals surface area contributed by atoms with E-state index in [0.29, 0.717) is 23.0 Å². The summed E-state index contributed by atoms with van der Waals surface area (Å²) < 4.78 is 27.5. The molecule has 0 aliphatic carbocycles. The van der Waals surface area contributed by atoms with Crippen molar-refractivity contribution in [3.63, 3.8) is 0 Å². The van der Waals surface area contributed by atoms with E-state index in [4.69, 9.17) is 11.6 Å². The molecule has 0 unspecified atom stereocenters. The molecule has 0 spiro atoms. The van der Waals surface area contributed by atoms with E-state index in [1.165, 1.54) is 24.3 Å². The molecule has 1 radical (unpaired) electrons. The Kier molecular flexibility index (Phi) is 5.91. The van der Waals surface area contributed by atoms with Gasteiger partial charge in [-0.1, -0.05) is 18.3 Å². The zero-order valence-corrected chi connectivity index (χ0v) is 14.0. The van der Waals surface area contributed by atoms with Crippen molar-refractivity contribution in [1.82, 2.24) is 4.90 Å². The molecule has 19 heavy (non-hydrogen) atoms. The van der Waals surface area contributed by atoms with E-state index >= 15 is 0 Å². The van der Waals surface area contributed by atoms with Gasteiger partial charge in [-0.15, -0.1) is 0 Å². The molecule has 0 bridgehead atoms. The Hall–Kier alpha value is -0.506. The van der Waals surface area contributed by atoms with Gasteiger partial charge in [0.1, 0.15) is 0 Å². The molecule has 1 nitrogen and oxygen atoms in total. The van der Waals surface area contributed by atoms with E-state index in [0.717, 1.165) is 0 Å². The molecule has 1 aliphatic heterocycles. The van der Waals surface area contributed by atoms with E-state index in [-0.39, 0.29) is 38.3 Å². The Labute approximate surface area is 141 Å². The van der Waals surface area contributed by atoms with E-state index in [9.17, 15) is 8.78 Å². The topological polar surface area (TPSA) is 3.24 Å². The van der Waals surface area contributed by atoms with Crippen LogP contribution in [0.2, 0.25) is 0 Å². The van der Waals surface area contributed by atoms with Gasteiger partial charge in [-0.05, 0) is 35.3 Å². The van der Waals surface area contributed by atoms with Gasteiger partial charge in [0.05, 0.1) is 11.6 Å². The van der Waals surface area contributed by atoms with Crippen LogP contribution in [-0.4, -0.2) is 11.4 Å². The predicted octanol–water partition coefficient (Wildman–Crippen LogP) is 4.08. The largest absolute Gasteiger partial charge is 0.374 e. The summed E-state index contributed by atoms with van der Waals surface area (Å²) in [4.78, 5) is 1.63. The second kappa shape index (κ2) is 6.78. The standard InChI is InChI=1S/C14H11ClF2N.Y/c1-3-18-9(2)10(15)7-8-13(18)14-11(16)5-4-6-12(14)17;/h4-7H,2-3H2,1H3;/q-1;. The summed E-state index contributed by atoms with van der Waals surface area (Å²) in [7, 11) is 0. The molecular weight excluding hydrogens is 345 g/mol. The Morgan fingerprint density at radius 3 is 2.42 bits per heavy atom. The molecule has 0 N–H and O–H groups in total. The van der Waals surface area contributed by atoms with Gasteiger partial charge in [0, 0.05) is 39.3 Å². The van der Waals surface area contributed by atoms with Crippen LogP contribution in [0.25, 0.3) is 5.70 Å². The normalized spacial score (nSPS) is 14.7. The van der Waals surface area contributed by atoms with Crippen LogP contribution in [0.4, 0.5) is 8.78 Å². The first-order chi connectivity index (χ1) is 8.56. The fraction of sp³-hybridized carbons (Fsp3) is 0.143. The predicted molar refractivity (Wildman–Crippen MR) is 68.5 cm³/mol. The van der Waals surface area contributed by atoms with Gasteiger partial charge in [0.25, 0.3) is 0 Å². The molecule has 0 fully saturated rings. The van der Waals surface area contributed by atoms with Crippen molar-refractivity contribution in [1.29, 1.82) is 0 Å². The van der Waals surface area contributed by atoms with Gasteiger partial charge in [-0.2, -0.15) is 23.8 Å². The first-order valence-corrected chi connectivity index (χ1v) is 5.84. The Morgan fingerprint density at radius 2 is 1.89 bits per heavy atom. The minimum absolute atomic E-state index is 0. The third kappa shape index (κ3) is 3.15. The molecule has 1 aromatic rings. The number of hydrogen-bond acceptors (Lipinski definition) is 1. The first-order valence-electron chi connectivity index (χ1n) is 5.46. The summed E-state index contributed by atoms with van der Waals surface area (Å²) in [5, 5.41) is 0.414. The van der Waals surface area contributed by atoms with Crippen LogP contribution >= 0.6 is 11.6 Å². The minimum atomic E-state index is -0.629. The van der Waals surface area contributed by atoms with Crippen molar-refractivity contribution in [3.05, 3.63) is 64.9 Å². The van der Waals surface area contributed by atoms with Crippen molar-refractivity contribution >= 4 is 17.3 Å². The van der Waals surface area contributed by atoms with Crippen LogP contribution < -0.4 is 0 Å². The van der Waals surface area contributed by atoms with E-state index in [1.807, 2.05) is 6.92 Å². The summed E-state index contributed by atoms with van der Waals surface area (Å²) in [6, 6.07) is 3.75. The van der Waals surface area contributed by atoms with Gasteiger partial charge in [0.15, 0.2) is 0 Å². The van der Waals surface area contributed by atoms with E-state index < -0.39 is 11.6 Å². The summed E-state index contributed by atoms with van der Waals surface area (Å²) in [6.45, 7) is 6.15. The fourth-order valence-electron chi connectivity index (χ4n) is 1.84. The number of halogens is 3. The van der Waals surface area contributed by atoms with Crippen molar-refractivity contribution in [2.75, 3.05) is 6.54 Å². The van der Waals surface area contributed by atoms with Crippen LogP contribution in [0.5, 0.6) is 0 Å². The van der Waals surface area contributed by atoms with Crippen LogP contribution in [0.1, 0.15) is 12.5 Å². The third-order valence-corrected chi connectivity index (χ3v) is 3.05.